The van der Waals surface area contributed by atoms with Crippen LogP contribution >= 0.6 is 0 Å². The average Bonchev–Trinajstić information content (AvgIpc) is 3.81. The van der Waals surface area contributed by atoms with Crippen LogP contribution in [0.2, 0.25) is 0 Å². The lowest BCUT2D eigenvalue weighted by Gasteiger charge is -2.14. The third-order valence-corrected chi connectivity index (χ3v) is 12.3. The van der Waals surface area contributed by atoms with Crippen LogP contribution in [-0.2, 0) is 0 Å². The zero-order valence-corrected chi connectivity index (χ0v) is 32.8. The highest BCUT2D eigenvalue weighted by Gasteiger charge is 2.21. The van der Waals surface area contributed by atoms with Gasteiger partial charge in [-0.25, -0.2) is 4.98 Å². The number of hydrogen-bond donors (Lipinski definition) is 0. The number of fused-ring (bicyclic) bond motifs is 8. The Morgan fingerprint density at radius 1 is 0.311 bits per heavy atom. The van der Waals surface area contributed by atoms with Crippen molar-refractivity contribution in [1.29, 1.82) is 0 Å². The van der Waals surface area contributed by atoms with Crippen molar-refractivity contribution >= 4 is 70.9 Å². The minimum Gasteiger partial charge on any atom is -0.308 e. The summed E-state index contributed by atoms with van der Waals surface area (Å²) in [6.45, 7) is 0. The standard InChI is InChI=1S/C55H34N6/c1-3-15-35(16-4-1)38-30-32-47-44(34-38)43-31-29-36-19-14-28-50-51(36)52(43)60(47)49-27-12-11-26-48(49)59(50)40-21-13-20-39(33-40)54-56-53(37-17-5-2-6-18-37)57-55(58-54)61-45-24-9-7-22-41(45)42-23-8-10-25-46(42)61/h1-34H. The summed E-state index contributed by atoms with van der Waals surface area (Å²) < 4.78 is 7.05. The van der Waals surface area contributed by atoms with Gasteiger partial charge in [-0.15, -0.1) is 0 Å². The Morgan fingerprint density at radius 2 is 0.918 bits per heavy atom. The van der Waals surface area contributed by atoms with Crippen LogP contribution in [-0.4, -0.2) is 28.5 Å². The maximum Gasteiger partial charge on any atom is 0.238 e. The first-order valence-electron chi connectivity index (χ1n) is 20.6. The van der Waals surface area contributed by atoms with Gasteiger partial charge in [-0.2, -0.15) is 9.97 Å². The SMILES string of the molecule is c1ccc(-c2ccc3c(c2)c2ccc4cccc5c4c2n3c2ccccc2n5-c2cccc(-c3nc(-c4ccccc4)nc(-n4c5ccccc5c5ccccc54)n3)c2)cc1. The molecule has 13 rings (SSSR count). The minimum absolute atomic E-state index is 0.574. The quantitative estimate of drug-likeness (QED) is 0.175. The second-order valence-corrected chi connectivity index (χ2v) is 15.7. The zero-order chi connectivity index (χ0) is 40.0. The molecule has 6 heteroatoms. The second-order valence-electron chi connectivity index (χ2n) is 15.7. The van der Waals surface area contributed by atoms with Crippen molar-refractivity contribution in [3.63, 3.8) is 0 Å². The molecule has 0 atom stereocenters. The van der Waals surface area contributed by atoms with Gasteiger partial charge in [0.05, 0.1) is 38.6 Å². The van der Waals surface area contributed by atoms with E-state index in [-0.39, 0.29) is 0 Å². The van der Waals surface area contributed by atoms with Crippen LogP contribution < -0.4 is 0 Å². The molecule has 9 aromatic carbocycles. The highest BCUT2D eigenvalue weighted by atomic mass is 15.2. The van der Waals surface area contributed by atoms with Crippen LogP contribution in [0.5, 0.6) is 0 Å². The molecule has 0 fully saturated rings. The van der Waals surface area contributed by atoms with Crippen molar-refractivity contribution in [2.45, 2.75) is 0 Å². The average molecular weight is 779 g/mol. The molecular weight excluding hydrogens is 745 g/mol. The third kappa shape index (κ3) is 5.06. The molecule has 4 aromatic heterocycles. The van der Waals surface area contributed by atoms with Gasteiger partial charge in [-0.05, 0) is 71.1 Å². The maximum absolute atomic E-state index is 5.30. The summed E-state index contributed by atoms with van der Waals surface area (Å²) in [5, 5.41) is 7.17. The summed E-state index contributed by atoms with van der Waals surface area (Å²) in [4.78, 5) is 15.7. The van der Waals surface area contributed by atoms with Gasteiger partial charge in [0.1, 0.15) is 0 Å². The molecule has 0 aliphatic carbocycles. The van der Waals surface area contributed by atoms with Gasteiger partial charge in [0.2, 0.25) is 5.95 Å². The molecule has 0 N–H and O–H groups in total. The van der Waals surface area contributed by atoms with E-state index >= 15 is 0 Å². The molecule has 0 amide bonds. The van der Waals surface area contributed by atoms with E-state index < -0.39 is 0 Å². The van der Waals surface area contributed by atoms with Crippen molar-refractivity contribution in [2.75, 3.05) is 0 Å². The molecule has 0 bridgehead atoms. The van der Waals surface area contributed by atoms with Gasteiger partial charge >= 0.3 is 0 Å². The van der Waals surface area contributed by atoms with E-state index in [4.69, 9.17) is 15.0 Å². The lowest BCUT2D eigenvalue weighted by Crippen LogP contribution is -2.06. The van der Waals surface area contributed by atoms with E-state index in [9.17, 15) is 0 Å². The lowest BCUT2D eigenvalue weighted by molar-refractivity contribution is 0.953. The molecule has 61 heavy (non-hydrogen) atoms. The molecule has 0 aliphatic rings. The van der Waals surface area contributed by atoms with E-state index in [1.54, 1.807) is 0 Å². The van der Waals surface area contributed by atoms with Crippen LogP contribution in [0.15, 0.2) is 206 Å². The molecular formula is C55H34N6. The van der Waals surface area contributed by atoms with Crippen molar-refractivity contribution in [3.8, 4) is 45.5 Å². The Balaban J connectivity index is 1.08. The van der Waals surface area contributed by atoms with Crippen LogP contribution in [0.4, 0.5) is 0 Å². The molecule has 4 heterocycles. The van der Waals surface area contributed by atoms with E-state index in [1.165, 1.54) is 43.7 Å². The predicted molar refractivity (Wildman–Crippen MR) is 251 cm³/mol. The van der Waals surface area contributed by atoms with Gasteiger partial charge in [-0.3, -0.25) is 4.57 Å². The van der Waals surface area contributed by atoms with E-state index in [2.05, 4.69) is 202 Å². The summed E-state index contributed by atoms with van der Waals surface area (Å²) in [6.07, 6.45) is 0. The first-order valence-corrected chi connectivity index (χ1v) is 20.6. The van der Waals surface area contributed by atoms with Crippen molar-refractivity contribution in [2.24, 2.45) is 0 Å². The van der Waals surface area contributed by atoms with Crippen LogP contribution in [0.25, 0.3) is 116 Å². The first-order chi connectivity index (χ1) is 30.3. The topological polar surface area (TPSA) is 52.9 Å². The largest absolute Gasteiger partial charge is 0.308 e. The zero-order valence-electron chi connectivity index (χ0n) is 32.8. The van der Waals surface area contributed by atoms with Crippen molar-refractivity contribution in [1.82, 2.24) is 28.5 Å². The Labute approximate surface area is 349 Å². The molecule has 0 unspecified atom stereocenters. The van der Waals surface area contributed by atoms with Crippen molar-refractivity contribution in [3.05, 3.63) is 206 Å². The third-order valence-electron chi connectivity index (χ3n) is 12.3. The molecule has 284 valence electrons. The van der Waals surface area contributed by atoms with Gasteiger partial charge < -0.3 is 8.97 Å². The highest BCUT2D eigenvalue weighted by Crippen LogP contribution is 2.41. The second kappa shape index (κ2) is 13.1. The minimum atomic E-state index is 0.574. The first kappa shape index (κ1) is 33.6. The molecule has 6 nitrogen and oxygen atoms in total. The fourth-order valence-electron chi connectivity index (χ4n) is 9.59. The van der Waals surface area contributed by atoms with Gasteiger partial charge in [0.25, 0.3) is 0 Å². The summed E-state index contributed by atoms with van der Waals surface area (Å²) in [7, 11) is 0. The number of aromatic nitrogens is 6. The van der Waals surface area contributed by atoms with Crippen molar-refractivity contribution < 1.29 is 0 Å². The van der Waals surface area contributed by atoms with Crippen LogP contribution in [0, 0.1) is 0 Å². The Hall–Kier alpha value is -8.35. The molecule has 0 spiro atoms. The van der Waals surface area contributed by atoms with E-state index in [0.717, 1.165) is 55.2 Å². The van der Waals surface area contributed by atoms with Crippen LogP contribution in [0.1, 0.15) is 0 Å². The fourth-order valence-corrected chi connectivity index (χ4v) is 9.59. The summed E-state index contributed by atoms with van der Waals surface area (Å²) in [6, 6.07) is 73.3. The number of nitrogens with zero attached hydrogens (tertiary/aromatic N) is 6. The Kier molecular flexibility index (Phi) is 7.21. The van der Waals surface area contributed by atoms with E-state index in [0.29, 0.717) is 17.6 Å². The number of para-hydroxylation sites is 4. The predicted octanol–water partition coefficient (Wildman–Crippen LogP) is 13.6. The maximum atomic E-state index is 5.30. The molecule has 0 saturated carbocycles. The summed E-state index contributed by atoms with van der Waals surface area (Å²) in [5.41, 5.74) is 13.0. The molecule has 13 aromatic rings. The number of hydrogen-bond acceptors (Lipinski definition) is 3. The number of benzene rings is 9. The lowest BCUT2D eigenvalue weighted by atomic mass is 10.0. The number of rotatable bonds is 5. The summed E-state index contributed by atoms with van der Waals surface area (Å²) in [5.74, 6) is 1.79. The van der Waals surface area contributed by atoms with Crippen LogP contribution in [0.3, 0.4) is 0 Å². The fraction of sp³-hybridized carbons (Fsp3) is 0. The summed E-state index contributed by atoms with van der Waals surface area (Å²) >= 11 is 0. The highest BCUT2D eigenvalue weighted by molar-refractivity contribution is 6.24. The monoisotopic (exact) mass is 778 g/mol. The molecule has 0 aliphatic heterocycles. The smallest absolute Gasteiger partial charge is 0.238 e. The van der Waals surface area contributed by atoms with Gasteiger partial charge in [-0.1, -0.05) is 152 Å². The molecule has 0 saturated heterocycles. The van der Waals surface area contributed by atoms with Gasteiger partial charge in [0, 0.05) is 43.7 Å². The Morgan fingerprint density at radius 3 is 1.67 bits per heavy atom. The molecule has 0 radical (unpaired) electrons. The van der Waals surface area contributed by atoms with Gasteiger partial charge in [0.15, 0.2) is 11.6 Å². The Bertz CT molecular complexity index is 3810. The van der Waals surface area contributed by atoms with E-state index in [1.807, 2.05) is 18.2 Å². The normalized spacial score (nSPS) is 11.9.